The predicted molar refractivity (Wildman–Crippen MR) is 25.3 cm³/mol. The molecule has 1 N–H and O–H groups in total. The molecule has 1 rings (SSSR count). The molecule has 2 atom stereocenters. The van der Waals surface area contributed by atoms with Gasteiger partial charge in [-0.1, -0.05) is 0 Å². The zero-order valence-electron chi connectivity index (χ0n) is 4.30. The molecular formula is C5H7FO2. The Hall–Kier alpha value is -0.600. The van der Waals surface area contributed by atoms with E-state index in [1.54, 1.807) is 0 Å². The van der Waals surface area contributed by atoms with E-state index < -0.39 is 18.1 Å². The van der Waals surface area contributed by atoms with Gasteiger partial charge in [0.15, 0.2) is 0 Å². The molecule has 0 heterocycles. The maximum atomic E-state index is 12.1. The fourth-order valence-corrected chi connectivity index (χ4v) is 0.738. The molecule has 1 aliphatic carbocycles. The molecule has 2 unspecified atom stereocenters. The summed E-state index contributed by atoms with van der Waals surface area (Å²) in [6, 6.07) is 0. The SMILES string of the molecule is O=C(O)C1CCC1F. The van der Waals surface area contributed by atoms with Crippen LogP contribution < -0.4 is 0 Å². The summed E-state index contributed by atoms with van der Waals surface area (Å²) in [5, 5.41) is 8.16. The Bertz CT molecular complexity index is 113. The monoisotopic (exact) mass is 118 g/mol. The van der Waals surface area contributed by atoms with Gasteiger partial charge < -0.3 is 5.11 Å². The average molecular weight is 118 g/mol. The minimum absolute atomic E-state index is 0.428. The van der Waals surface area contributed by atoms with E-state index in [4.69, 9.17) is 5.11 Å². The molecular weight excluding hydrogens is 111 g/mol. The summed E-state index contributed by atoms with van der Waals surface area (Å²) in [5.41, 5.74) is 0. The third-order valence-electron chi connectivity index (χ3n) is 1.51. The topological polar surface area (TPSA) is 37.3 Å². The first-order chi connectivity index (χ1) is 3.72. The molecule has 0 saturated heterocycles. The summed E-state index contributed by atoms with van der Waals surface area (Å²) in [6.45, 7) is 0. The van der Waals surface area contributed by atoms with Gasteiger partial charge in [0.05, 0.1) is 5.92 Å². The number of aliphatic carboxylic acids is 1. The lowest BCUT2D eigenvalue weighted by atomic mass is 9.83. The van der Waals surface area contributed by atoms with Gasteiger partial charge in [0.1, 0.15) is 6.17 Å². The van der Waals surface area contributed by atoms with Gasteiger partial charge in [-0.25, -0.2) is 4.39 Å². The highest BCUT2D eigenvalue weighted by molar-refractivity contribution is 5.71. The Labute approximate surface area is 46.3 Å². The zero-order valence-corrected chi connectivity index (χ0v) is 4.30. The van der Waals surface area contributed by atoms with Gasteiger partial charge in [0.25, 0.3) is 0 Å². The van der Waals surface area contributed by atoms with Crippen molar-refractivity contribution < 1.29 is 14.3 Å². The number of carboxylic acid groups (broad SMARTS) is 1. The lowest BCUT2D eigenvalue weighted by Gasteiger charge is -2.25. The molecule has 0 aliphatic heterocycles. The van der Waals surface area contributed by atoms with Crippen LogP contribution >= 0.6 is 0 Å². The van der Waals surface area contributed by atoms with Crippen LogP contribution in [0.1, 0.15) is 12.8 Å². The highest BCUT2D eigenvalue weighted by Gasteiger charge is 2.36. The Morgan fingerprint density at radius 3 is 2.25 bits per heavy atom. The van der Waals surface area contributed by atoms with Crippen molar-refractivity contribution in [1.29, 1.82) is 0 Å². The molecule has 0 aromatic carbocycles. The second-order valence-corrected chi connectivity index (χ2v) is 2.04. The summed E-state index contributed by atoms with van der Waals surface area (Å²) in [4.78, 5) is 9.95. The minimum Gasteiger partial charge on any atom is -0.481 e. The zero-order chi connectivity index (χ0) is 6.15. The largest absolute Gasteiger partial charge is 0.481 e. The fourth-order valence-electron chi connectivity index (χ4n) is 0.738. The van der Waals surface area contributed by atoms with Crippen molar-refractivity contribution in [1.82, 2.24) is 0 Å². The van der Waals surface area contributed by atoms with Crippen molar-refractivity contribution >= 4 is 5.97 Å². The molecule has 1 fully saturated rings. The van der Waals surface area contributed by atoms with Gasteiger partial charge in [-0.2, -0.15) is 0 Å². The summed E-state index contributed by atoms with van der Waals surface area (Å²) >= 11 is 0. The minimum atomic E-state index is -1.08. The number of alkyl halides is 1. The van der Waals surface area contributed by atoms with Crippen LogP contribution in [0.5, 0.6) is 0 Å². The van der Waals surface area contributed by atoms with Crippen LogP contribution in [0.25, 0.3) is 0 Å². The van der Waals surface area contributed by atoms with Crippen molar-refractivity contribution in [2.75, 3.05) is 0 Å². The molecule has 0 amide bonds. The van der Waals surface area contributed by atoms with Gasteiger partial charge in [-0.05, 0) is 12.8 Å². The fraction of sp³-hybridized carbons (Fsp3) is 0.800. The first-order valence-corrected chi connectivity index (χ1v) is 2.58. The Morgan fingerprint density at radius 1 is 1.62 bits per heavy atom. The maximum Gasteiger partial charge on any atom is 0.309 e. The molecule has 2 nitrogen and oxygen atoms in total. The van der Waals surface area contributed by atoms with E-state index in [0.29, 0.717) is 12.8 Å². The lowest BCUT2D eigenvalue weighted by Crippen LogP contribution is -2.33. The van der Waals surface area contributed by atoms with E-state index in [1.807, 2.05) is 0 Å². The number of carboxylic acids is 1. The molecule has 46 valence electrons. The van der Waals surface area contributed by atoms with Crippen molar-refractivity contribution in [2.45, 2.75) is 19.0 Å². The summed E-state index contributed by atoms with van der Waals surface area (Å²) in [5.74, 6) is -1.70. The molecule has 1 saturated carbocycles. The predicted octanol–water partition coefficient (Wildman–Crippen LogP) is 0.819. The maximum absolute atomic E-state index is 12.1. The number of hydrogen-bond acceptors (Lipinski definition) is 1. The standard InChI is InChI=1S/C5H7FO2/c6-4-2-1-3(4)5(7)8/h3-4H,1-2H2,(H,7,8). The molecule has 0 bridgehead atoms. The van der Waals surface area contributed by atoms with E-state index in [0.717, 1.165) is 0 Å². The molecule has 0 radical (unpaired) electrons. The number of halogens is 1. The highest BCUT2D eigenvalue weighted by Crippen LogP contribution is 2.29. The van der Waals surface area contributed by atoms with E-state index in [-0.39, 0.29) is 0 Å². The quantitative estimate of drug-likeness (QED) is 0.553. The molecule has 1 aliphatic rings. The van der Waals surface area contributed by atoms with E-state index in [2.05, 4.69) is 0 Å². The first kappa shape index (κ1) is 5.54. The summed E-state index contributed by atoms with van der Waals surface area (Å²) in [7, 11) is 0. The molecule has 0 aromatic heterocycles. The van der Waals surface area contributed by atoms with Crippen LogP contribution in [0.2, 0.25) is 0 Å². The molecule has 3 heteroatoms. The van der Waals surface area contributed by atoms with Crippen LogP contribution in [0.3, 0.4) is 0 Å². The summed E-state index contributed by atoms with van der Waals surface area (Å²) in [6.07, 6.45) is -0.138. The van der Waals surface area contributed by atoms with Crippen LogP contribution in [-0.4, -0.2) is 17.2 Å². The third kappa shape index (κ3) is 0.680. The van der Waals surface area contributed by atoms with E-state index >= 15 is 0 Å². The summed E-state index contributed by atoms with van der Waals surface area (Å²) < 4.78 is 12.1. The van der Waals surface area contributed by atoms with Crippen LogP contribution in [0.15, 0.2) is 0 Å². The van der Waals surface area contributed by atoms with Gasteiger partial charge in [0, 0.05) is 0 Å². The number of rotatable bonds is 1. The third-order valence-corrected chi connectivity index (χ3v) is 1.51. The first-order valence-electron chi connectivity index (χ1n) is 2.58. The van der Waals surface area contributed by atoms with Gasteiger partial charge in [-0.15, -0.1) is 0 Å². The second-order valence-electron chi connectivity index (χ2n) is 2.04. The normalized spacial score (nSPS) is 36.1. The van der Waals surface area contributed by atoms with Crippen molar-refractivity contribution in [3.8, 4) is 0 Å². The van der Waals surface area contributed by atoms with Crippen LogP contribution in [0.4, 0.5) is 4.39 Å². The molecule has 8 heavy (non-hydrogen) atoms. The molecule has 0 spiro atoms. The van der Waals surface area contributed by atoms with Gasteiger partial charge in [0.2, 0.25) is 0 Å². The van der Waals surface area contributed by atoms with Crippen molar-refractivity contribution in [3.63, 3.8) is 0 Å². The van der Waals surface area contributed by atoms with Crippen molar-refractivity contribution in [3.05, 3.63) is 0 Å². The Kier molecular flexibility index (Phi) is 1.19. The highest BCUT2D eigenvalue weighted by atomic mass is 19.1. The Morgan fingerprint density at radius 2 is 2.25 bits per heavy atom. The Balaban J connectivity index is 2.37. The smallest absolute Gasteiger partial charge is 0.309 e. The van der Waals surface area contributed by atoms with E-state index in [9.17, 15) is 9.18 Å². The van der Waals surface area contributed by atoms with E-state index in [1.165, 1.54) is 0 Å². The van der Waals surface area contributed by atoms with Gasteiger partial charge in [-0.3, -0.25) is 4.79 Å². The number of carbonyl (C=O) groups is 1. The van der Waals surface area contributed by atoms with Crippen molar-refractivity contribution in [2.24, 2.45) is 5.92 Å². The van der Waals surface area contributed by atoms with Gasteiger partial charge >= 0.3 is 5.97 Å². The second kappa shape index (κ2) is 1.73. The molecule has 0 aromatic rings. The average Bonchev–Trinajstić information content (AvgIpc) is 1.61. The van der Waals surface area contributed by atoms with Crippen LogP contribution in [0, 0.1) is 5.92 Å². The lowest BCUT2D eigenvalue weighted by molar-refractivity contribution is -0.148. The number of hydrogen-bond donors (Lipinski definition) is 1. The van der Waals surface area contributed by atoms with Crippen LogP contribution in [-0.2, 0) is 4.79 Å².